The van der Waals surface area contributed by atoms with E-state index in [0.29, 0.717) is 6.42 Å². The molecule has 0 aromatic carbocycles. The third kappa shape index (κ3) is 2.80. The monoisotopic (exact) mass is 318 g/mol. The second-order valence-electron chi connectivity index (χ2n) is 7.84. The molecule has 0 amide bonds. The average molecular weight is 318 g/mol. The third-order valence-corrected chi connectivity index (χ3v) is 6.67. The van der Waals surface area contributed by atoms with Gasteiger partial charge < -0.3 is 10.2 Å². The van der Waals surface area contributed by atoms with Gasteiger partial charge in [-0.3, -0.25) is 4.79 Å². The van der Waals surface area contributed by atoms with Crippen LogP contribution in [0.4, 0.5) is 0 Å². The topological polar surface area (TPSA) is 57.5 Å². The smallest absolute Gasteiger partial charge is 0.312 e. The molecule has 23 heavy (non-hydrogen) atoms. The van der Waals surface area contributed by atoms with E-state index in [2.05, 4.69) is 26.2 Å². The number of rotatable bonds is 4. The summed E-state index contributed by atoms with van der Waals surface area (Å²) in [5, 5.41) is 20.3. The Hall–Kier alpha value is -1.35. The van der Waals surface area contributed by atoms with E-state index in [1.165, 1.54) is 5.57 Å². The molecule has 2 aliphatic rings. The molecule has 0 aliphatic heterocycles. The van der Waals surface area contributed by atoms with Crippen molar-refractivity contribution < 1.29 is 15.0 Å². The molecule has 0 radical (unpaired) electrons. The van der Waals surface area contributed by atoms with E-state index >= 15 is 0 Å². The molecule has 0 heterocycles. The molecule has 2 saturated carbocycles. The molecule has 3 nitrogen and oxygen atoms in total. The van der Waals surface area contributed by atoms with E-state index in [9.17, 15) is 15.0 Å². The van der Waals surface area contributed by atoms with Crippen LogP contribution in [0, 0.1) is 22.7 Å². The van der Waals surface area contributed by atoms with Gasteiger partial charge in [-0.05, 0) is 63.2 Å². The lowest BCUT2D eigenvalue weighted by atomic mass is 9.46. The summed E-state index contributed by atoms with van der Waals surface area (Å²) in [6, 6.07) is 0. The summed E-state index contributed by atoms with van der Waals surface area (Å²) in [6.07, 6.45) is 7.18. The summed E-state index contributed by atoms with van der Waals surface area (Å²) in [5.74, 6) is -0.628. The Morgan fingerprint density at radius 1 is 1.39 bits per heavy atom. The Morgan fingerprint density at radius 2 is 2.04 bits per heavy atom. The molecule has 5 atom stereocenters. The number of hydrogen-bond donors (Lipinski definition) is 2. The summed E-state index contributed by atoms with van der Waals surface area (Å²) in [5.41, 5.74) is 1.17. The van der Waals surface area contributed by atoms with Gasteiger partial charge in [-0.25, -0.2) is 0 Å². The van der Waals surface area contributed by atoms with Crippen LogP contribution in [0.1, 0.15) is 52.9 Å². The highest BCUT2D eigenvalue weighted by molar-refractivity contribution is 5.76. The van der Waals surface area contributed by atoms with Gasteiger partial charge in [0.05, 0.1) is 11.5 Å². The highest BCUT2D eigenvalue weighted by Crippen LogP contribution is 2.61. The Labute approximate surface area is 139 Å². The summed E-state index contributed by atoms with van der Waals surface area (Å²) < 4.78 is 0. The number of aliphatic hydroxyl groups is 1. The van der Waals surface area contributed by atoms with Crippen LogP contribution in [0.25, 0.3) is 0 Å². The fourth-order valence-electron chi connectivity index (χ4n) is 4.97. The van der Waals surface area contributed by atoms with Crippen molar-refractivity contribution in [2.75, 3.05) is 0 Å². The zero-order valence-corrected chi connectivity index (χ0v) is 14.6. The number of hydrogen-bond acceptors (Lipinski definition) is 2. The first-order valence-corrected chi connectivity index (χ1v) is 8.56. The molecule has 128 valence electrons. The molecule has 2 aliphatic carbocycles. The number of allylic oxidation sites excluding steroid dienone is 4. The van der Waals surface area contributed by atoms with Crippen molar-refractivity contribution in [1.82, 2.24) is 0 Å². The van der Waals surface area contributed by atoms with Crippen molar-refractivity contribution >= 4 is 5.97 Å². The third-order valence-electron chi connectivity index (χ3n) is 6.67. The molecule has 3 heteroatoms. The first-order valence-electron chi connectivity index (χ1n) is 8.56. The second kappa shape index (κ2) is 6.27. The van der Waals surface area contributed by atoms with E-state index in [0.717, 1.165) is 31.3 Å². The second-order valence-corrected chi connectivity index (χ2v) is 7.84. The first kappa shape index (κ1) is 18.0. The van der Waals surface area contributed by atoms with Crippen LogP contribution in [0.5, 0.6) is 0 Å². The number of aliphatic hydroxyl groups excluding tert-OH is 1. The number of carboxylic acids is 1. The fraction of sp³-hybridized carbons (Fsp3) is 0.650. The Morgan fingerprint density at radius 3 is 2.61 bits per heavy atom. The number of carbonyl (C=O) groups is 1. The van der Waals surface area contributed by atoms with Crippen LogP contribution in [0.3, 0.4) is 0 Å². The largest absolute Gasteiger partial charge is 0.481 e. The van der Waals surface area contributed by atoms with Gasteiger partial charge >= 0.3 is 5.97 Å². The van der Waals surface area contributed by atoms with Gasteiger partial charge in [0, 0.05) is 0 Å². The first-order chi connectivity index (χ1) is 10.7. The summed E-state index contributed by atoms with van der Waals surface area (Å²) in [6.45, 7) is 14.1. The van der Waals surface area contributed by atoms with Crippen LogP contribution < -0.4 is 0 Å². The normalized spacial score (nSPS) is 41.3. The van der Waals surface area contributed by atoms with Crippen molar-refractivity contribution in [2.45, 2.75) is 59.0 Å². The molecule has 0 saturated heterocycles. The van der Waals surface area contributed by atoms with Crippen LogP contribution in [0.15, 0.2) is 36.5 Å². The lowest BCUT2D eigenvalue weighted by Crippen LogP contribution is -2.59. The van der Waals surface area contributed by atoms with Crippen molar-refractivity contribution in [3.8, 4) is 0 Å². The molecule has 0 aromatic rings. The van der Waals surface area contributed by atoms with Crippen molar-refractivity contribution in [2.24, 2.45) is 22.7 Å². The predicted octanol–water partition coefficient (Wildman–Crippen LogP) is 4.34. The number of aliphatic carboxylic acids is 1. The summed E-state index contributed by atoms with van der Waals surface area (Å²) in [4.78, 5) is 12.0. The van der Waals surface area contributed by atoms with Crippen LogP contribution in [-0.2, 0) is 4.79 Å². The maximum Gasteiger partial charge on any atom is 0.312 e. The van der Waals surface area contributed by atoms with Gasteiger partial charge in [0.25, 0.3) is 0 Å². The van der Waals surface area contributed by atoms with Crippen LogP contribution >= 0.6 is 0 Å². The maximum absolute atomic E-state index is 12.0. The minimum atomic E-state index is -1.07. The van der Waals surface area contributed by atoms with Gasteiger partial charge in [-0.15, -0.1) is 0 Å². The molecule has 2 rings (SSSR count). The predicted molar refractivity (Wildman–Crippen MR) is 93.0 cm³/mol. The van der Waals surface area contributed by atoms with E-state index in [-0.39, 0.29) is 17.3 Å². The van der Waals surface area contributed by atoms with Gasteiger partial charge in [0.15, 0.2) is 0 Å². The number of carboxylic acid groups (broad SMARTS) is 1. The van der Waals surface area contributed by atoms with Gasteiger partial charge in [-0.1, -0.05) is 43.4 Å². The lowest BCUT2D eigenvalue weighted by Gasteiger charge is -2.58. The standard InChI is InChI=1S/C20H30O3/c1-6-13(2)7-9-15-14(3)8-10-16-19(15,4)12-11-17(21)20(16,5)18(22)23/h6-7,15-17,21H,1,3,8-12H2,2,4-5H3,(H,22,23)/b13-7+/t15-,16+,17-,19+,20-/m1/s1. The minimum Gasteiger partial charge on any atom is -0.481 e. The highest BCUT2D eigenvalue weighted by Gasteiger charge is 2.60. The van der Waals surface area contributed by atoms with Gasteiger partial charge in [0.2, 0.25) is 0 Å². The molecule has 0 bridgehead atoms. The van der Waals surface area contributed by atoms with E-state index in [4.69, 9.17) is 0 Å². The van der Waals surface area contributed by atoms with E-state index in [1.807, 2.05) is 13.0 Å². The quantitative estimate of drug-likeness (QED) is 0.599. The SMILES string of the molecule is C=C/C(C)=C/C[C@@H]1C(=C)CC[C@H]2[C@@]1(C)CC[C@@H](O)[C@]2(C)C(=O)O. The van der Waals surface area contributed by atoms with Gasteiger partial charge in [0.1, 0.15) is 0 Å². The lowest BCUT2D eigenvalue weighted by molar-refractivity contribution is -0.182. The summed E-state index contributed by atoms with van der Waals surface area (Å²) >= 11 is 0. The van der Waals surface area contributed by atoms with Gasteiger partial charge in [-0.2, -0.15) is 0 Å². The molecule has 0 spiro atoms. The van der Waals surface area contributed by atoms with E-state index < -0.39 is 17.5 Å². The Balaban J connectivity index is 2.41. The molecule has 0 unspecified atom stereocenters. The van der Waals surface area contributed by atoms with Crippen molar-refractivity contribution in [3.63, 3.8) is 0 Å². The average Bonchev–Trinajstić information content (AvgIpc) is 2.50. The molecule has 0 aromatic heterocycles. The Bertz CT molecular complexity index is 547. The molecule has 2 N–H and O–H groups in total. The zero-order chi connectivity index (χ0) is 17.4. The van der Waals surface area contributed by atoms with Crippen molar-refractivity contribution in [3.05, 3.63) is 36.5 Å². The minimum absolute atomic E-state index is 0.0239. The highest BCUT2D eigenvalue weighted by atomic mass is 16.4. The maximum atomic E-state index is 12.0. The Kier molecular flexibility index (Phi) is 4.91. The van der Waals surface area contributed by atoms with Crippen molar-refractivity contribution in [1.29, 1.82) is 0 Å². The molecular weight excluding hydrogens is 288 g/mol. The number of fused-ring (bicyclic) bond motifs is 1. The fourth-order valence-corrected chi connectivity index (χ4v) is 4.97. The molecule has 2 fully saturated rings. The molecular formula is C20H30O3. The summed E-state index contributed by atoms with van der Waals surface area (Å²) in [7, 11) is 0. The van der Waals surface area contributed by atoms with E-state index in [1.54, 1.807) is 6.92 Å². The van der Waals surface area contributed by atoms with Crippen LogP contribution in [0.2, 0.25) is 0 Å². The zero-order valence-electron chi connectivity index (χ0n) is 14.6. The van der Waals surface area contributed by atoms with Crippen LogP contribution in [-0.4, -0.2) is 22.3 Å².